The van der Waals surface area contributed by atoms with Gasteiger partial charge in [0, 0.05) is 18.9 Å². The SMILES string of the molecule is CC(=O)N1N=C(c2ccco2)C[C@@H]1c1ccccc1NS(=O)(=O)c1ccc(C)cc1. The van der Waals surface area contributed by atoms with Crippen LogP contribution in [0.4, 0.5) is 5.69 Å². The molecule has 1 amide bonds. The fraction of sp³-hybridized carbons (Fsp3) is 0.182. The molecule has 0 radical (unpaired) electrons. The summed E-state index contributed by atoms with van der Waals surface area (Å²) >= 11 is 0. The van der Waals surface area contributed by atoms with Gasteiger partial charge in [-0.15, -0.1) is 0 Å². The van der Waals surface area contributed by atoms with E-state index in [0.29, 0.717) is 29.1 Å². The zero-order chi connectivity index (χ0) is 21.3. The van der Waals surface area contributed by atoms with E-state index in [1.54, 1.807) is 60.9 Å². The summed E-state index contributed by atoms with van der Waals surface area (Å²) in [6, 6.07) is 16.8. The largest absolute Gasteiger partial charge is 0.463 e. The Morgan fingerprint density at radius 3 is 2.50 bits per heavy atom. The number of hydrogen-bond acceptors (Lipinski definition) is 5. The number of carbonyl (C=O) groups is 1. The van der Waals surface area contributed by atoms with Crippen molar-refractivity contribution in [2.45, 2.75) is 31.2 Å². The van der Waals surface area contributed by atoms with Gasteiger partial charge in [0.25, 0.3) is 10.0 Å². The van der Waals surface area contributed by atoms with Crippen LogP contribution in [0.25, 0.3) is 0 Å². The Hall–Kier alpha value is -3.39. The lowest BCUT2D eigenvalue weighted by Gasteiger charge is -2.23. The minimum absolute atomic E-state index is 0.172. The van der Waals surface area contributed by atoms with E-state index in [1.807, 2.05) is 13.0 Å². The number of carbonyl (C=O) groups excluding carboxylic acids is 1. The zero-order valence-corrected chi connectivity index (χ0v) is 17.4. The van der Waals surface area contributed by atoms with Crippen LogP contribution < -0.4 is 4.72 Å². The van der Waals surface area contributed by atoms with E-state index in [9.17, 15) is 13.2 Å². The van der Waals surface area contributed by atoms with Crippen molar-refractivity contribution in [3.63, 3.8) is 0 Å². The van der Waals surface area contributed by atoms with Crippen LogP contribution in [-0.2, 0) is 14.8 Å². The number of amides is 1. The maximum Gasteiger partial charge on any atom is 0.261 e. The molecule has 0 fully saturated rings. The highest BCUT2D eigenvalue weighted by Gasteiger charge is 2.34. The molecule has 154 valence electrons. The summed E-state index contributed by atoms with van der Waals surface area (Å²) in [7, 11) is -3.79. The van der Waals surface area contributed by atoms with E-state index in [1.165, 1.54) is 11.9 Å². The van der Waals surface area contributed by atoms with Gasteiger partial charge in [0.2, 0.25) is 5.91 Å². The number of para-hydroxylation sites is 1. The predicted molar refractivity (Wildman–Crippen MR) is 114 cm³/mol. The minimum atomic E-state index is -3.79. The number of anilines is 1. The fourth-order valence-corrected chi connectivity index (χ4v) is 4.52. The van der Waals surface area contributed by atoms with Gasteiger partial charge in [0.05, 0.1) is 22.9 Å². The zero-order valence-electron chi connectivity index (χ0n) is 16.6. The van der Waals surface area contributed by atoms with Crippen molar-refractivity contribution >= 4 is 27.3 Å². The number of nitrogens with one attached hydrogen (secondary N) is 1. The van der Waals surface area contributed by atoms with E-state index in [2.05, 4.69) is 9.82 Å². The molecule has 1 atom stereocenters. The number of sulfonamides is 1. The molecule has 1 aliphatic heterocycles. The third-order valence-corrected chi connectivity index (χ3v) is 6.32. The van der Waals surface area contributed by atoms with Gasteiger partial charge < -0.3 is 4.42 Å². The fourth-order valence-electron chi connectivity index (χ4n) is 3.44. The third kappa shape index (κ3) is 3.86. The van der Waals surface area contributed by atoms with Crippen LogP contribution in [0.3, 0.4) is 0 Å². The first-order chi connectivity index (χ1) is 14.3. The summed E-state index contributed by atoms with van der Waals surface area (Å²) in [5.41, 5.74) is 2.68. The lowest BCUT2D eigenvalue weighted by atomic mass is 9.99. The average Bonchev–Trinajstić information content (AvgIpc) is 3.38. The highest BCUT2D eigenvalue weighted by Crippen LogP contribution is 2.37. The number of furan rings is 1. The van der Waals surface area contributed by atoms with Crippen molar-refractivity contribution in [1.82, 2.24) is 5.01 Å². The molecule has 0 bridgehead atoms. The molecular formula is C22H21N3O4S. The van der Waals surface area contributed by atoms with Crippen LogP contribution in [0, 0.1) is 6.92 Å². The molecular weight excluding hydrogens is 402 g/mol. The number of aryl methyl sites for hydroxylation is 1. The van der Waals surface area contributed by atoms with Gasteiger partial charge in [-0.1, -0.05) is 35.9 Å². The number of hydrogen-bond donors (Lipinski definition) is 1. The maximum absolute atomic E-state index is 12.9. The number of nitrogens with zero attached hydrogens (tertiary/aromatic N) is 2. The smallest absolute Gasteiger partial charge is 0.261 e. The highest BCUT2D eigenvalue weighted by atomic mass is 32.2. The standard InChI is InChI=1S/C22H21N3O4S/c1-15-9-11-17(12-10-15)30(27,28)24-19-7-4-3-6-18(19)21-14-20(22-8-5-13-29-22)23-25(21)16(2)26/h3-13,21,24H,14H2,1-2H3/t21-/m1/s1. The van der Waals surface area contributed by atoms with Gasteiger partial charge in [-0.25, -0.2) is 13.4 Å². The summed E-state index contributed by atoms with van der Waals surface area (Å²) in [6.07, 6.45) is 1.96. The number of benzene rings is 2. The Balaban J connectivity index is 1.68. The van der Waals surface area contributed by atoms with Gasteiger partial charge in [-0.05, 0) is 37.3 Å². The topological polar surface area (TPSA) is 92.0 Å². The molecule has 7 nitrogen and oxygen atoms in total. The van der Waals surface area contributed by atoms with Crippen molar-refractivity contribution in [3.8, 4) is 0 Å². The quantitative estimate of drug-likeness (QED) is 0.669. The molecule has 1 aliphatic rings. The van der Waals surface area contributed by atoms with Gasteiger partial charge in [-0.3, -0.25) is 9.52 Å². The normalized spacial score (nSPS) is 16.4. The second-order valence-electron chi connectivity index (χ2n) is 7.11. The Morgan fingerprint density at radius 1 is 1.10 bits per heavy atom. The molecule has 2 heterocycles. The van der Waals surface area contributed by atoms with Crippen molar-refractivity contribution in [2.24, 2.45) is 5.10 Å². The van der Waals surface area contributed by atoms with Crippen molar-refractivity contribution in [3.05, 3.63) is 83.8 Å². The average molecular weight is 423 g/mol. The summed E-state index contributed by atoms with van der Waals surface area (Å²) in [6.45, 7) is 3.33. The van der Waals surface area contributed by atoms with Crippen LogP contribution in [0.2, 0.25) is 0 Å². The van der Waals surface area contributed by atoms with Crippen LogP contribution in [0.5, 0.6) is 0 Å². The predicted octanol–water partition coefficient (Wildman–Crippen LogP) is 4.09. The monoisotopic (exact) mass is 423 g/mol. The number of rotatable bonds is 5. The van der Waals surface area contributed by atoms with Gasteiger partial charge in [0.15, 0.2) is 0 Å². The van der Waals surface area contributed by atoms with E-state index < -0.39 is 16.1 Å². The third-order valence-electron chi connectivity index (χ3n) is 4.93. The second kappa shape index (κ2) is 7.79. The molecule has 0 saturated carbocycles. The van der Waals surface area contributed by atoms with Crippen LogP contribution >= 0.6 is 0 Å². The number of hydrazone groups is 1. The molecule has 1 aromatic heterocycles. The van der Waals surface area contributed by atoms with Gasteiger partial charge in [0.1, 0.15) is 11.5 Å². The molecule has 0 aliphatic carbocycles. The summed E-state index contributed by atoms with van der Waals surface area (Å²) in [5.74, 6) is 0.346. The minimum Gasteiger partial charge on any atom is -0.463 e. The van der Waals surface area contributed by atoms with Crippen molar-refractivity contribution in [2.75, 3.05) is 4.72 Å². The highest BCUT2D eigenvalue weighted by molar-refractivity contribution is 7.92. The summed E-state index contributed by atoms with van der Waals surface area (Å²) in [5, 5.41) is 5.79. The lowest BCUT2D eigenvalue weighted by molar-refractivity contribution is -0.130. The van der Waals surface area contributed by atoms with Gasteiger partial charge in [-0.2, -0.15) is 5.10 Å². The molecule has 1 N–H and O–H groups in total. The first kappa shape index (κ1) is 19.9. The Morgan fingerprint density at radius 2 is 1.83 bits per heavy atom. The van der Waals surface area contributed by atoms with Crippen molar-refractivity contribution < 1.29 is 17.6 Å². The molecule has 0 unspecified atom stereocenters. The maximum atomic E-state index is 12.9. The second-order valence-corrected chi connectivity index (χ2v) is 8.80. The molecule has 4 rings (SSSR count). The van der Waals surface area contributed by atoms with Crippen LogP contribution in [-0.4, -0.2) is 25.0 Å². The van der Waals surface area contributed by atoms with E-state index in [4.69, 9.17) is 4.42 Å². The Kier molecular flexibility index (Phi) is 5.17. The molecule has 2 aromatic carbocycles. The van der Waals surface area contributed by atoms with Crippen molar-refractivity contribution in [1.29, 1.82) is 0 Å². The first-order valence-corrected chi connectivity index (χ1v) is 10.9. The van der Waals surface area contributed by atoms with E-state index in [-0.39, 0.29) is 10.8 Å². The Bertz CT molecular complexity index is 1200. The molecule has 0 saturated heterocycles. The van der Waals surface area contributed by atoms with Crippen LogP contribution in [0.1, 0.15) is 36.3 Å². The van der Waals surface area contributed by atoms with E-state index in [0.717, 1.165) is 5.56 Å². The molecule has 30 heavy (non-hydrogen) atoms. The van der Waals surface area contributed by atoms with Gasteiger partial charge >= 0.3 is 0 Å². The summed E-state index contributed by atoms with van der Waals surface area (Å²) in [4.78, 5) is 12.4. The molecule has 8 heteroatoms. The molecule has 3 aromatic rings. The summed E-state index contributed by atoms with van der Waals surface area (Å²) < 4.78 is 33.9. The molecule has 0 spiro atoms. The lowest BCUT2D eigenvalue weighted by Crippen LogP contribution is -2.25. The Labute approximate surface area is 175 Å². The van der Waals surface area contributed by atoms with E-state index >= 15 is 0 Å². The first-order valence-electron chi connectivity index (χ1n) is 9.45. The van der Waals surface area contributed by atoms with Crippen LogP contribution in [0.15, 0.2) is 81.3 Å².